The summed E-state index contributed by atoms with van der Waals surface area (Å²) >= 11 is 0. The van der Waals surface area contributed by atoms with Crippen LogP contribution in [0.1, 0.15) is 54.3 Å². The summed E-state index contributed by atoms with van der Waals surface area (Å²) in [6.07, 6.45) is 2.04. The summed E-state index contributed by atoms with van der Waals surface area (Å²) in [6.45, 7) is 1.35. The summed E-state index contributed by atoms with van der Waals surface area (Å²) in [7, 11) is 0. The lowest BCUT2D eigenvalue weighted by Crippen LogP contribution is -2.53. The normalized spacial score (nSPS) is 22.4. The lowest BCUT2D eigenvalue weighted by Gasteiger charge is -2.31. The molecule has 0 radical (unpaired) electrons. The van der Waals surface area contributed by atoms with E-state index in [0.717, 1.165) is 19.3 Å². The van der Waals surface area contributed by atoms with Crippen LogP contribution < -0.4 is 16.4 Å². The molecule has 0 saturated carbocycles. The largest absolute Gasteiger partial charge is 0.384 e. The Morgan fingerprint density at radius 2 is 2.04 bits per heavy atom. The lowest BCUT2D eigenvalue weighted by atomic mass is 10.0. The number of amides is 3. The third-order valence-corrected chi connectivity index (χ3v) is 4.83. The molecule has 1 fully saturated rings. The molecule has 26 heavy (non-hydrogen) atoms. The summed E-state index contributed by atoms with van der Waals surface area (Å²) in [4.78, 5) is 37.6. The van der Waals surface area contributed by atoms with E-state index in [1.165, 1.54) is 4.90 Å². The van der Waals surface area contributed by atoms with Gasteiger partial charge in [0, 0.05) is 24.2 Å². The number of hydrogen-bond acceptors (Lipinski definition) is 6. The zero-order chi connectivity index (χ0) is 18.7. The summed E-state index contributed by atoms with van der Waals surface area (Å²) < 4.78 is 0. The van der Waals surface area contributed by atoms with Crippen molar-refractivity contribution in [3.8, 4) is 0 Å². The van der Waals surface area contributed by atoms with E-state index in [1.54, 1.807) is 18.2 Å². The first-order valence-corrected chi connectivity index (χ1v) is 8.96. The molecular weight excluding hydrogens is 336 g/mol. The summed E-state index contributed by atoms with van der Waals surface area (Å²) in [5.41, 5.74) is 7.00. The maximum absolute atomic E-state index is 12.9. The van der Waals surface area contributed by atoms with Crippen molar-refractivity contribution in [2.75, 3.05) is 18.4 Å². The average molecular weight is 360 g/mol. The number of imide groups is 1. The number of carbonyl (C=O) groups is 3. The van der Waals surface area contributed by atoms with Crippen molar-refractivity contribution >= 4 is 23.4 Å². The van der Waals surface area contributed by atoms with Crippen LogP contribution in [0.15, 0.2) is 18.2 Å². The Morgan fingerprint density at radius 1 is 1.23 bits per heavy atom. The number of rotatable bonds is 7. The molecule has 2 unspecified atom stereocenters. The van der Waals surface area contributed by atoms with Gasteiger partial charge in [-0.3, -0.25) is 24.6 Å². The molecule has 5 N–H and O–H groups in total. The standard InChI is InChI=1S/C18H24N4O4/c19-9-2-1-3-10-20-12-6-4-5-11-15(12)18(26)22(17(11)25)13-7-8-14(23)21-16(13)24/h4-6,13,17,20,25H,1-3,7-10,19H2,(H,21,23,24). The highest BCUT2D eigenvalue weighted by molar-refractivity contribution is 6.08. The van der Waals surface area contributed by atoms with Gasteiger partial charge in [0.1, 0.15) is 6.04 Å². The number of unbranched alkanes of at least 4 members (excludes halogenated alkanes) is 2. The van der Waals surface area contributed by atoms with Crippen LogP contribution in [0.3, 0.4) is 0 Å². The predicted octanol–water partition coefficient (Wildman–Crippen LogP) is 0.479. The van der Waals surface area contributed by atoms with Gasteiger partial charge in [0.25, 0.3) is 5.91 Å². The fraction of sp³-hybridized carbons (Fsp3) is 0.500. The second kappa shape index (κ2) is 7.84. The number of fused-ring (bicyclic) bond motifs is 1. The lowest BCUT2D eigenvalue weighted by molar-refractivity contribution is -0.139. The second-order valence-electron chi connectivity index (χ2n) is 6.60. The summed E-state index contributed by atoms with van der Waals surface area (Å²) in [6, 6.07) is 4.40. The Kier molecular flexibility index (Phi) is 5.53. The van der Waals surface area contributed by atoms with Crippen LogP contribution in [-0.4, -0.2) is 46.9 Å². The number of piperidine rings is 1. The highest BCUT2D eigenvalue weighted by atomic mass is 16.3. The van der Waals surface area contributed by atoms with E-state index in [4.69, 9.17) is 5.73 Å². The molecule has 1 saturated heterocycles. The molecule has 1 aromatic rings. The molecule has 8 nitrogen and oxygen atoms in total. The van der Waals surface area contributed by atoms with Gasteiger partial charge >= 0.3 is 0 Å². The van der Waals surface area contributed by atoms with E-state index in [2.05, 4.69) is 10.6 Å². The van der Waals surface area contributed by atoms with E-state index < -0.39 is 24.1 Å². The highest BCUT2D eigenvalue weighted by Gasteiger charge is 2.45. The number of nitrogens with two attached hydrogens (primary N) is 1. The van der Waals surface area contributed by atoms with Crippen molar-refractivity contribution in [1.29, 1.82) is 0 Å². The van der Waals surface area contributed by atoms with Crippen LogP contribution in [0.2, 0.25) is 0 Å². The number of aliphatic hydroxyl groups excluding tert-OH is 1. The van der Waals surface area contributed by atoms with Gasteiger partial charge in [0.05, 0.1) is 5.56 Å². The van der Waals surface area contributed by atoms with Gasteiger partial charge in [-0.05, 0) is 31.9 Å². The van der Waals surface area contributed by atoms with E-state index in [1.807, 2.05) is 0 Å². The number of carbonyl (C=O) groups excluding carboxylic acids is 3. The molecule has 8 heteroatoms. The molecule has 2 atom stereocenters. The fourth-order valence-electron chi connectivity index (χ4n) is 3.49. The third kappa shape index (κ3) is 3.42. The average Bonchev–Trinajstić information content (AvgIpc) is 2.87. The number of benzene rings is 1. The van der Waals surface area contributed by atoms with Gasteiger partial charge in [0.15, 0.2) is 6.23 Å². The van der Waals surface area contributed by atoms with Crippen molar-refractivity contribution in [2.24, 2.45) is 5.73 Å². The second-order valence-corrected chi connectivity index (χ2v) is 6.60. The molecule has 3 amide bonds. The summed E-state index contributed by atoms with van der Waals surface area (Å²) in [5.74, 6) is -1.30. The minimum atomic E-state index is -1.19. The van der Waals surface area contributed by atoms with Crippen LogP contribution in [0.25, 0.3) is 0 Å². The number of hydrogen-bond donors (Lipinski definition) is 4. The van der Waals surface area contributed by atoms with Crippen LogP contribution in [-0.2, 0) is 9.59 Å². The first-order valence-electron chi connectivity index (χ1n) is 8.96. The predicted molar refractivity (Wildman–Crippen MR) is 95.1 cm³/mol. The van der Waals surface area contributed by atoms with E-state index in [-0.39, 0.29) is 18.7 Å². The quantitative estimate of drug-likeness (QED) is 0.414. The van der Waals surface area contributed by atoms with E-state index in [0.29, 0.717) is 29.9 Å². The molecule has 2 heterocycles. The molecule has 0 aromatic heterocycles. The topological polar surface area (TPSA) is 125 Å². The fourth-order valence-corrected chi connectivity index (χ4v) is 3.49. The number of nitrogens with zero attached hydrogens (tertiary/aromatic N) is 1. The van der Waals surface area contributed by atoms with Gasteiger partial charge in [-0.15, -0.1) is 0 Å². The SMILES string of the molecule is NCCCCCNc1cccc2c1C(=O)N(C1CCC(=O)NC1=O)C2O. The van der Waals surface area contributed by atoms with Crippen molar-refractivity contribution in [2.45, 2.75) is 44.4 Å². The number of aliphatic hydroxyl groups is 1. The Bertz CT molecular complexity index is 721. The van der Waals surface area contributed by atoms with E-state index >= 15 is 0 Å². The van der Waals surface area contributed by atoms with Gasteiger partial charge in [0.2, 0.25) is 11.8 Å². The van der Waals surface area contributed by atoms with Crippen LogP contribution in [0, 0.1) is 0 Å². The first-order chi connectivity index (χ1) is 12.5. The number of nitrogens with one attached hydrogen (secondary N) is 2. The van der Waals surface area contributed by atoms with Crippen LogP contribution >= 0.6 is 0 Å². The molecule has 0 spiro atoms. The minimum Gasteiger partial charge on any atom is -0.384 e. The summed E-state index contributed by atoms with van der Waals surface area (Å²) in [5, 5.41) is 16.1. The van der Waals surface area contributed by atoms with Gasteiger partial charge in [-0.1, -0.05) is 18.6 Å². The minimum absolute atomic E-state index is 0.148. The zero-order valence-corrected chi connectivity index (χ0v) is 14.5. The molecule has 140 valence electrons. The van der Waals surface area contributed by atoms with Crippen LogP contribution in [0.4, 0.5) is 5.69 Å². The monoisotopic (exact) mass is 360 g/mol. The van der Waals surface area contributed by atoms with Gasteiger partial charge in [-0.2, -0.15) is 0 Å². The van der Waals surface area contributed by atoms with Crippen LogP contribution in [0.5, 0.6) is 0 Å². The van der Waals surface area contributed by atoms with Crippen molar-refractivity contribution in [3.63, 3.8) is 0 Å². The highest BCUT2D eigenvalue weighted by Crippen LogP contribution is 2.38. The number of anilines is 1. The molecule has 2 aliphatic rings. The van der Waals surface area contributed by atoms with E-state index in [9.17, 15) is 19.5 Å². The third-order valence-electron chi connectivity index (χ3n) is 4.83. The Hall–Kier alpha value is -2.45. The molecule has 2 aliphatic heterocycles. The molecule has 0 aliphatic carbocycles. The molecular formula is C18H24N4O4. The smallest absolute Gasteiger partial charge is 0.259 e. The zero-order valence-electron chi connectivity index (χ0n) is 14.5. The Balaban J connectivity index is 1.77. The van der Waals surface area contributed by atoms with Crippen molar-refractivity contribution in [1.82, 2.24) is 10.2 Å². The maximum Gasteiger partial charge on any atom is 0.259 e. The molecule has 0 bridgehead atoms. The maximum atomic E-state index is 12.9. The van der Waals surface area contributed by atoms with Gasteiger partial charge < -0.3 is 16.2 Å². The first kappa shape index (κ1) is 18.3. The molecule has 1 aromatic carbocycles. The Labute approximate surface area is 151 Å². The van der Waals surface area contributed by atoms with Crippen molar-refractivity contribution in [3.05, 3.63) is 29.3 Å². The molecule has 3 rings (SSSR count). The Morgan fingerprint density at radius 3 is 2.77 bits per heavy atom. The van der Waals surface area contributed by atoms with Crippen molar-refractivity contribution < 1.29 is 19.5 Å². The van der Waals surface area contributed by atoms with Gasteiger partial charge in [-0.25, -0.2) is 0 Å².